The fourth-order valence-electron chi connectivity index (χ4n) is 2.61. The molecule has 0 aliphatic heterocycles. The first-order valence-corrected chi connectivity index (χ1v) is 11.9. The molecule has 0 saturated heterocycles. The second-order valence-corrected chi connectivity index (χ2v) is 8.83. The normalized spacial score (nSPS) is 15.0. The van der Waals surface area contributed by atoms with Crippen LogP contribution in [0.2, 0.25) is 0 Å². The summed E-state index contributed by atoms with van der Waals surface area (Å²) in [4.78, 5) is 67.3. The van der Waals surface area contributed by atoms with E-state index in [9.17, 15) is 33.2 Å². The van der Waals surface area contributed by atoms with Crippen molar-refractivity contribution < 1.29 is 43.4 Å². The number of benzene rings is 1. The van der Waals surface area contributed by atoms with Gasteiger partial charge in [-0.25, -0.2) is 4.39 Å². The second-order valence-electron chi connectivity index (χ2n) is 8.83. The van der Waals surface area contributed by atoms with Gasteiger partial charge < -0.3 is 42.9 Å². The molecule has 0 unspecified atom stereocenters. The second kappa shape index (κ2) is 16.7. The largest absolute Gasteiger partial charge is 0.480 e. The predicted octanol–water partition coefficient (Wildman–Crippen LogP) is -1.78. The van der Waals surface area contributed by atoms with Crippen molar-refractivity contribution in [1.82, 2.24) is 21.3 Å². The average molecular weight is 557 g/mol. The SMILES string of the molecule is C[C@H](N)C(=O)N[C@@H](C)C(=O)N[C@@H](C)C(=O)O.C[C@H](NC(=O)[C@H](C)NC(=O)[C@@H](N)Cc1cccc(F)c1)C(=O)O. The van der Waals surface area contributed by atoms with Crippen LogP contribution in [0.15, 0.2) is 24.3 Å². The molecule has 0 saturated carbocycles. The Labute approximate surface area is 225 Å². The number of aliphatic carboxylic acids is 2. The molecule has 10 N–H and O–H groups in total. The first-order valence-electron chi connectivity index (χ1n) is 11.9. The van der Waals surface area contributed by atoms with Crippen molar-refractivity contribution >= 4 is 35.6 Å². The van der Waals surface area contributed by atoms with Crippen molar-refractivity contribution in [2.75, 3.05) is 0 Å². The molecule has 14 nitrogen and oxygen atoms in total. The van der Waals surface area contributed by atoms with E-state index in [4.69, 9.17) is 21.7 Å². The van der Waals surface area contributed by atoms with E-state index in [0.717, 1.165) is 0 Å². The fourth-order valence-corrected chi connectivity index (χ4v) is 2.61. The van der Waals surface area contributed by atoms with Crippen molar-refractivity contribution in [1.29, 1.82) is 0 Å². The highest BCUT2D eigenvalue weighted by Gasteiger charge is 2.23. The maximum atomic E-state index is 13.1. The summed E-state index contributed by atoms with van der Waals surface area (Å²) in [7, 11) is 0. The summed E-state index contributed by atoms with van der Waals surface area (Å²) >= 11 is 0. The lowest BCUT2D eigenvalue weighted by atomic mass is 10.1. The molecule has 4 amide bonds. The zero-order chi connectivity index (χ0) is 30.4. The minimum absolute atomic E-state index is 0.115. The first-order chi connectivity index (χ1) is 18.0. The molecule has 0 fully saturated rings. The standard InChI is InChI=1S/C15H20FN3O4.C9H17N3O4/c1-8(13(20)19-9(2)15(22)23)18-14(21)12(17)7-10-4-3-5-11(16)6-10;1-4(10)7(13)11-5(2)8(14)12-6(3)9(15)16/h3-6,8-9,12H,7,17H2,1-2H3,(H,18,21)(H,19,20)(H,22,23);4-6H,10H2,1-3H3,(H,11,13)(H,12,14)(H,15,16)/t8-,9-,12-;4-,5-,6-/m00/s1. The van der Waals surface area contributed by atoms with Gasteiger partial charge in [0.1, 0.15) is 30.0 Å². The molecule has 0 spiro atoms. The minimum atomic E-state index is -1.18. The lowest BCUT2D eigenvalue weighted by Crippen LogP contribution is -2.53. The highest BCUT2D eigenvalue weighted by atomic mass is 19.1. The number of nitrogens with one attached hydrogen (secondary N) is 4. The number of nitrogens with two attached hydrogens (primary N) is 2. The van der Waals surface area contributed by atoms with Crippen LogP contribution in [-0.2, 0) is 35.2 Å². The van der Waals surface area contributed by atoms with Crippen LogP contribution in [0.3, 0.4) is 0 Å². The third kappa shape index (κ3) is 13.8. The molecule has 0 bridgehead atoms. The highest BCUT2D eigenvalue weighted by Crippen LogP contribution is 2.06. The molecule has 0 radical (unpaired) electrons. The van der Waals surface area contributed by atoms with Crippen LogP contribution in [0.4, 0.5) is 4.39 Å². The van der Waals surface area contributed by atoms with Gasteiger partial charge in [0, 0.05) is 0 Å². The van der Waals surface area contributed by atoms with Gasteiger partial charge >= 0.3 is 11.9 Å². The molecule has 1 rings (SSSR count). The fraction of sp³-hybridized carbons (Fsp3) is 0.500. The van der Waals surface area contributed by atoms with Crippen molar-refractivity contribution in [2.24, 2.45) is 11.5 Å². The van der Waals surface area contributed by atoms with Crippen LogP contribution in [0.25, 0.3) is 0 Å². The van der Waals surface area contributed by atoms with E-state index in [1.165, 1.54) is 52.8 Å². The minimum Gasteiger partial charge on any atom is -0.480 e. The summed E-state index contributed by atoms with van der Waals surface area (Å²) in [6.45, 7) is 6.99. The quantitative estimate of drug-likeness (QED) is 0.144. The van der Waals surface area contributed by atoms with Gasteiger partial charge in [0.15, 0.2) is 0 Å². The van der Waals surface area contributed by atoms with E-state index in [-0.39, 0.29) is 6.42 Å². The van der Waals surface area contributed by atoms with Crippen LogP contribution in [-0.4, -0.2) is 82.0 Å². The molecule has 0 heterocycles. The summed E-state index contributed by atoms with van der Waals surface area (Å²) in [5.74, 6) is -5.00. The Bertz CT molecular complexity index is 1040. The summed E-state index contributed by atoms with van der Waals surface area (Å²) in [6, 6.07) is 0.215. The topological polar surface area (TPSA) is 243 Å². The summed E-state index contributed by atoms with van der Waals surface area (Å²) in [5, 5.41) is 26.5. The average Bonchev–Trinajstić information content (AvgIpc) is 2.83. The molecule has 39 heavy (non-hydrogen) atoms. The van der Waals surface area contributed by atoms with Crippen molar-refractivity contribution in [3.63, 3.8) is 0 Å². The molecule has 0 aliphatic carbocycles. The van der Waals surface area contributed by atoms with Crippen molar-refractivity contribution in [2.45, 2.75) is 77.3 Å². The number of hydrogen-bond donors (Lipinski definition) is 8. The molecular formula is C24H37FN6O8. The van der Waals surface area contributed by atoms with Crippen LogP contribution in [0, 0.1) is 5.82 Å². The van der Waals surface area contributed by atoms with Crippen LogP contribution in [0.1, 0.15) is 40.2 Å². The lowest BCUT2D eigenvalue weighted by Gasteiger charge is -2.18. The number of carboxylic acid groups (broad SMARTS) is 2. The summed E-state index contributed by atoms with van der Waals surface area (Å²) < 4.78 is 13.1. The van der Waals surface area contributed by atoms with Gasteiger partial charge in [-0.15, -0.1) is 0 Å². The number of halogens is 1. The molecule has 15 heteroatoms. The highest BCUT2D eigenvalue weighted by molar-refractivity contribution is 5.92. The summed E-state index contributed by atoms with van der Waals surface area (Å²) in [6.07, 6.45) is 0.115. The van der Waals surface area contributed by atoms with E-state index in [1.54, 1.807) is 6.07 Å². The maximum absolute atomic E-state index is 13.1. The molecule has 0 aromatic heterocycles. The maximum Gasteiger partial charge on any atom is 0.325 e. The number of hydrogen-bond acceptors (Lipinski definition) is 8. The molecule has 6 atom stereocenters. The van der Waals surface area contributed by atoms with Gasteiger partial charge in [0.25, 0.3) is 0 Å². The Kier molecular flexibility index (Phi) is 14.9. The molecule has 1 aromatic rings. The number of rotatable bonds is 12. The van der Waals surface area contributed by atoms with E-state index < -0.39 is 77.6 Å². The monoisotopic (exact) mass is 556 g/mol. The zero-order valence-corrected chi connectivity index (χ0v) is 22.4. The molecular weight excluding hydrogens is 519 g/mol. The van der Waals surface area contributed by atoms with E-state index >= 15 is 0 Å². The molecule has 0 aliphatic rings. The van der Waals surface area contributed by atoms with Crippen LogP contribution in [0.5, 0.6) is 0 Å². The number of amides is 4. The van der Waals surface area contributed by atoms with Gasteiger partial charge in [-0.1, -0.05) is 12.1 Å². The van der Waals surface area contributed by atoms with Gasteiger partial charge in [-0.05, 0) is 58.7 Å². The Morgan fingerprint density at radius 2 is 1.13 bits per heavy atom. The Morgan fingerprint density at radius 3 is 1.51 bits per heavy atom. The van der Waals surface area contributed by atoms with Gasteiger partial charge in [-0.2, -0.15) is 0 Å². The Balaban J connectivity index is 0.000000794. The zero-order valence-electron chi connectivity index (χ0n) is 22.4. The third-order valence-electron chi connectivity index (χ3n) is 5.06. The van der Waals surface area contributed by atoms with E-state index in [2.05, 4.69) is 21.3 Å². The van der Waals surface area contributed by atoms with Crippen molar-refractivity contribution in [3.8, 4) is 0 Å². The predicted molar refractivity (Wildman–Crippen MR) is 137 cm³/mol. The number of carboxylic acids is 2. The van der Waals surface area contributed by atoms with Gasteiger partial charge in [0.2, 0.25) is 23.6 Å². The summed E-state index contributed by atoms with van der Waals surface area (Å²) in [5.41, 5.74) is 11.6. The van der Waals surface area contributed by atoms with Crippen molar-refractivity contribution in [3.05, 3.63) is 35.6 Å². The number of carbonyl (C=O) groups is 6. The van der Waals surface area contributed by atoms with E-state index in [0.29, 0.717) is 5.56 Å². The third-order valence-corrected chi connectivity index (χ3v) is 5.06. The lowest BCUT2D eigenvalue weighted by molar-refractivity contribution is -0.142. The van der Waals surface area contributed by atoms with Crippen LogP contribution < -0.4 is 32.7 Å². The Hall–Kier alpha value is -4.11. The Morgan fingerprint density at radius 1 is 0.718 bits per heavy atom. The van der Waals surface area contributed by atoms with Gasteiger partial charge in [-0.3, -0.25) is 28.8 Å². The number of carbonyl (C=O) groups excluding carboxylic acids is 4. The van der Waals surface area contributed by atoms with Gasteiger partial charge in [0.05, 0.1) is 12.1 Å². The first kappa shape index (κ1) is 34.9. The van der Waals surface area contributed by atoms with Crippen LogP contribution >= 0.6 is 0 Å². The smallest absolute Gasteiger partial charge is 0.325 e. The van der Waals surface area contributed by atoms with E-state index in [1.807, 2.05) is 0 Å². The molecule has 218 valence electrons. The molecule has 1 aromatic carbocycles.